The summed E-state index contributed by atoms with van der Waals surface area (Å²) in [5, 5.41) is 3.47. The molecule has 5 nitrogen and oxygen atoms in total. The summed E-state index contributed by atoms with van der Waals surface area (Å²) in [5.41, 5.74) is 0.645. The predicted octanol–water partition coefficient (Wildman–Crippen LogP) is 2.50. The van der Waals surface area contributed by atoms with Gasteiger partial charge in [0.25, 0.3) is 5.91 Å². The Kier molecular flexibility index (Phi) is 5.51. The maximum absolute atomic E-state index is 12.4. The first-order valence-electron chi connectivity index (χ1n) is 8.42. The Hall–Kier alpha value is -1.17. The van der Waals surface area contributed by atoms with Crippen LogP contribution in [-0.4, -0.2) is 54.2 Å². The van der Waals surface area contributed by atoms with Gasteiger partial charge in [-0.25, -0.2) is 4.98 Å². The number of ether oxygens (including phenoxy) is 1. The average molecular weight is 338 g/mol. The number of pyridine rings is 1. The molecule has 1 aliphatic carbocycles. The number of rotatable bonds is 4. The molecule has 2 aliphatic rings. The summed E-state index contributed by atoms with van der Waals surface area (Å²) in [5.74, 6) is -0.0764. The lowest BCUT2D eigenvalue weighted by atomic mass is 9.79. The van der Waals surface area contributed by atoms with Gasteiger partial charge in [0.2, 0.25) is 0 Å². The molecule has 1 N–H and O–H groups in total. The molecule has 126 valence electrons. The number of nitrogens with one attached hydrogen (secondary N) is 1. The van der Waals surface area contributed by atoms with E-state index in [-0.39, 0.29) is 11.4 Å². The number of carbonyl (C=O) groups is 1. The van der Waals surface area contributed by atoms with E-state index in [1.807, 2.05) is 0 Å². The van der Waals surface area contributed by atoms with E-state index in [1.54, 1.807) is 18.3 Å². The van der Waals surface area contributed by atoms with Crippen molar-refractivity contribution in [3.05, 3.63) is 29.0 Å². The zero-order chi connectivity index (χ0) is 16.1. The Balaban J connectivity index is 1.67. The normalized spacial score (nSPS) is 21.8. The van der Waals surface area contributed by atoms with Crippen molar-refractivity contribution in [3.63, 3.8) is 0 Å². The monoisotopic (exact) mass is 337 g/mol. The molecule has 6 heteroatoms. The van der Waals surface area contributed by atoms with Crippen LogP contribution >= 0.6 is 11.6 Å². The zero-order valence-electron chi connectivity index (χ0n) is 13.4. The fourth-order valence-corrected chi connectivity index (χ4v) is 3.92. The summed E-state index contributed by atoms with van der Waals surface area (Å²) in [6.07, 6.45) is 7.60. The number of morpholine rings is 1. The second kappa shape index (κ2) is 7.60. The standard InChI is InChI=1S/C17H24ClN3O2/c18-15-12-14(4-7-19-15)16(22)20-13-17(5-2-1-3-6-17)21-8-10-23-11-9-21/h4,7,12H,1-3,5-6,8-11,13H2,(H,20,22). The molecule has 2 fully saturated rings. The molecule has 23 heavy (non-hydrogen) atoms. The van der Waals surface area contributed by atoms with Crippen LogP contribution in [0.15, 0.2) is 18.3 Å². The molecule has 3 rings (SSSR count). The van der Waals surface area contributed by atoms with Gasteiger partial charge in [-0.3, -0.25) is 9.69 Å². The molecule has 0 aromatic carbocycles. The lowest BCUT2D eigenvalue weighted by Gasteiger charge is -2.48. The summed E-state index contributed by atoms with van der Waals surface area (Å²) in [4.78, 5) is 18.9. The van der Waals surface area contributed by atoms with E-state index >= 15 is 0 Å². The van der Waals surface area contributed by atoms with Crippen molar-refractivity contribution >= 4 is 17.5 Å². The molecule has 1 aliphatic heterocycles. The van der Waals surface area contributed by atoms with Crippen LogP contribution in [0.25, 0.3) is 0 Å². The molecule has 2 heterocycles. The minimum absolute atomic E-state index is 0.0764. The number of nitrogens with zero attached hydrogens (tertiary/aromatic N) is 2. The van der Waals surface area contributed by atoms with Crippen molar-refractivity contribution in [3.8, 4) is 0 Å². The van der Waals surface area contributed by atoms with Crippen molar-refractivity contribution in [2.24, 2.45) is 0 Å². The lowest BCUT2D eigenvalue weighted by molar-refractivity contribution is -0.0361. The van der Waals surface area contributed by atoms with Crippen molar-refractivity contribution in [1.82, 2.24) is 15.2 Å². The van der Waals surface area contributed by atoms with Crippen molar-refractivity contribution in [2.45, 2.75) is 37.6 Å². The summed E-state index contributed by atoms with van der Waals surface area (Å²) < 4.78 is 5.49. The van der Waals surface area contributed by atoms with Crippen LogP contribution in [0.2, 0.25) is 5.15 Å². The van der Waals surface area contributed by atoms with Crippen molar-refractivity contribution in [2.75, 3.05) is 32.8 Å². The van der Waals surface area contributed by atoms with E-state index in [2.05, 4.69) is 15.2 Å². The van der Waals surface area contributed by atoms with Gasteiger partial charge in [0.05, 0.1) is 13.2 Å². The quantitative estimate of drug-likeness (QED) is 0.858. The van der Waals surface area contributed by atoms with Crippen LogP contribution in [0.3, 0.4) is 0 Å². The summed E-state index contributed by atoms with van der Waals surface area (Å²) in [6, 6.07) is 3.31. The smallest absolute Gasteiger partial charge is 0.251 e. The first-order chi connectivity index (χ1) is 11.2. The van der Waals surface area contributed by atoms with E-state index in [0.29, 0.717) is 17.3 Å². The summed E-state index contributed by atoms with van der Waals surface area (Å²) >= 11 is 5.87. The van der Waals surface area contributed by atoms with Gasteiger partial charge in [-0.2, -0.15) is 0 Å². The number of carbonyl (C=O) groups excluding carboxylic acids is 1. The number of aromatic nitrogens is 1. The highest BCUT2D eigenvalue weighted by Gasteiger charge is 2.38. The molecule has 1 amide bonds. The summed E-state index contributed by atoms with van der Waals surface area (Å²) in [7, 11) is 0. The molecule has 0 atom stereocenters. The predicted molar refractivity (Wildman–Crippen MR) is 89.8 cm³/mol. The van der Waals surface area contributed by atoms with Crippen LogP contribution in [0.5, 0.6) is 0 Å². The zero-order valence-corrected chi connectivity index (χ0v) is 14.1. The molecular weight excluding hydrogens is 314 g/mol. The second-order valence-corrected chi connectivity index (χ2v) is 6.82. The van der Waals surface area contributed by atoms with Gasteiger partial charge in [0, 0.05) is 36.9 Å². The Bertz CT molecular complexity index is 540. The van der Waals surface area contributed by atoms with Crippen LogP contribution in [-0.2, 0) is 4.74 Å². The second-order valence-electron chi connectivity index (χ2n) is 6.43. The number of halogens is 1. The van der Waals surface area contributed by atoms with Gasteiger partial charge < -0.3 is 10.1 Å². The third-order valence-corrected chi connectivity index (χ3v) is 5.24. The van der Waals surface area contributed by atoms with Gasteiger partial charge in [-0.1, -0.05) is 30.9 Å². The van der Waals surface area contributed by atoms with Gasteiger partial charge in [-0.15, -0.1) is 0 Å². The minimum Gasteiger partial charge on any atom is -0.379 e. The van der Waals surface area contributed by atoms with E-state index in [0.717, 1.165) is 39.1 Å². The molecule has 0 unspecified atom stereocenters. The Labute approximate surface area is 142 Å². The molecule has 1 aromatic rings. The third kappa shape index (κ3) is 4.03. The molecule has 1 saturated heterocycles. The van der Waals surface area contributed by atoms with E-state index in [9.17, 15) is 4.79 Å². The Morgan fingerprint density at radius 2 is 2.04 bits per heavy atom. The number of hydrogen-bond acceptors (Lipinski definition) is 4. The van der Waals surface area contributed by atoms with Crippen LogP contribution in [0.1, 0.15) is 42.5 Å². The molecule has 1 saturated carbocycles. The van der Waals surface area contributed by atoms with Crippen molar-refractivity contribution < 1.29 is 9.53 Å². The Morgan fingerprint density at radius 3 is 2.74 bits per heavy atom. The average Bonchev–Trinajstić information content (AvgIpc) is 2.61. The van der Waals surface area contributed by atoms with Gasteiger partial charge in [-0.05, 0) is 25.0 Å². The fourth-order valence-electron chi connectivity index (χ4n) is 3.74. The number of hydrogen-bond donors (Lipinski definition) is 1. The van der Waals surface area contributed by atoms with Gasteiger partial charge >= 0.3 is 0 Å². The van der Waals surface area contributed by atoms with Gasteiger partial charge in [0.15, 0.2) is 0 Å². The van der Waals surface area contributed by atoms with Crippen LogP contribution in [0.4, 0.5) is 0 Å². The van der Waals surface area contributed by atoms with E-state index < -0.39 is 0 Å². The maximum Gasteiger partial charge on any atom is 0.251 e. The molecular formula is C17H24ClN3O2. The minimum atomic E-state index is -0.0764. The topological polar surface area (TPSA) is 54.5 Å². The maximum atomic E-state index is 12.4. The summed E-state index contributed by atoms with van der Waals surface area (Å²) in [6.45, 7) is 4.17. The highest BCUT2D eigenvalue weighted by Crippen LogP contribution is 2.33. The van der Waals surface area contributed by atoms with Crippen LogP contribution in [0, 0.1) is 0 Å². The fraction of sp³-hybridized carbons (Fsp3) is 0.647. The molecule has 1 aromatic heterocycles. The largest absolute Gasteiger partial charge is 0.379 e. The van der Waals surface area contributed by atoms with Crippen LogP contribution < -0.4 is 5.32 Å². The first-order valence-corrected chi connectivity index (χ1v) is 8.80. The molecule has 0 radical (unpaired) electrons. The molecule has 0 bridgehead atoms. The molecule has 0 spiro atoms. The van der Waals surface area contributed by atoms with E-state index in [1.165, 1.54) is 19.3 Å². The lowest BCUT2D eigenvalue weighted by Crippen LogP contribution is -2.59. The number of amides is 1. The Morgan fingerprint density at radius 1 is 1.30 bits per heavy atom. The SMILES string of the molecule is O=C(NCC1(N2CCOCC2)CCCCC1)c1ccnc(Cl)c1. The van der Waals surface area contributed by atoms with Gasteiger partial charge in [0.1, 0.15) is 5.15 Å². The highest BCUT2D eigenvalue weighted by molar-refractivity contribution is 6.29. The van der Waals surface area contributed by atoms with Crippen molar-refractivity contribution in [1.29, 1.82) is 0 Å². The third-order valence-electron chi connectivity index (χ3n) is 5.03. The van der Waals surface area contributed by atoms with E-state index in [4.69, 9.17) is 16.3 Å². The first kappa shape index (κ1) is 16.7. The highest BCUT2D eigenvalue weighted by atomic mass is 35.5.